The first-order valence-corrected chi connectivity index (χ1v) is 5.92. The number of halogens is 1. The second-order valence-electron chi connectivity index (χ2n) is 3.21. The minimum atomic E-state index is -0.191. The van der Waals surface area contributed by atoms with Gasteiger partial charge in [-0.05, 0) is 35.6 Å². The molecule has 2 rings (SSSR count). The van der Waals surface area contributed by atoms with Crippen LogP contribution in [-0.4, -0.2) is 6.26 Å². The molecule has 0 nitrogen and oxygen atoms in total. The molecule has 0 aliphatic heterocycles. The van der Waals surface area contributed by atoms with Crippen LogP contribution in [-0.2, 0) is 0 Å². The Morgan fingerprint density at radius 1 is 1.00 bits per heavy atom. The summed E-state index contributed by atoms with van der Waals surface area (Å²) in [5.74, 6) is -0.191. The molecule has 0 aliphatic rings. The summed E-state index contributed by atoms with van der Waals surface area (Å²) in [5, 5.41) is 0. The monoisotopic (exact) mass is 218 g/mol. The minimum Gasteiger partial charge on any atom is -0.207 e. The van der Waals surface area contributed by atoms with Crippen molar-refractivity contribution < 1.29 is 4.39 Å². The fourth-order valence-corrected chi connectivity index (χ4v) is 2.16. The maximum atomic E-state index is 13.1. The first kappa shape index (κ1) is 10.2. The van der Waals surface area contributed by atoms with Crippen molar-refractivity contribution in [3.63, 3.8) is 0 Å². The van der Waals surface area contributed by atoms with Gasteiger partial charge in [0.25, 0.3) is 0 Å². The summed E-state index contributed by atoms with van der Waals surface area (Å²) in [6.07, 6.45) is 2.03. The van der Waals surface area contributed by atoms with Gasteiger partial charge >= 0.3 is 0 Å². The summed E-state index contributed by atoms with van der Waals surface area (Å²) in [6, 6.07) is 14.7. The van der Waals surface area contributed by atoms with Crippen LogP contribution < -0.4 is 0 Å². The number of benzene rings is 2. The molecule has 2 aromatic carbocycles. The van der Waals surface area contributed by atoms with Crippen molar-refractivity contribution in [3.8, 4) is 11.1 Å². The SMILES string of the molecule is CSc1ccccc1-c1cccc(F)c1. The topological polar surface area (TPSA) is 0 Å². The smallest absolute Gasteiger partial charge is 0.123 e. The Morgan fingerprint density at radius 3 is 2.53 bits per heavy atom. The van der Waals surface area contributed by atoms with Crippen LogP contribution in [0, 0.1) is 5.82 Å². The molecule has 0 heterocycles. The number of rotatable bonds is 2. The van der Waals surface area contributed by atoms with Crippen LogP contribution in [0.3, 0.4) is 0 Å². The van der Waals surface area contributed by atoms with Gasteiger partial charge in [-0.15, -0.1) is 11.8 Å². The normalized spacial score (nSPS) is 10.3. The highest BCUT2D eigenvalue weighted by molar-refractivity contribution is 7.98. The first-order chi connectivity index (χ1) is 7.31. The Hall–Kier alpha value is -1.28. The Labute approximate surface area is 93.1 Å². The summed E-state index contributed by atoms with van der Waals surface area (Å²) in [7, 11) is 0. The molecule has 76 valence electrons. The van der Waals surface area contributed by atoms with Crippen LogP contribution >= 0.6 is 11.8 Å². The van der Waals surface area contributed by atoms with Crippen molar-refractivity contribution in [3.05, 3.63) is 54.3 Å². The third kappa shape index (κ3) is 2.21. The summed E-state index contributed by atoms with van der Waals surface area (Å²) in [4.78, 5) is 1.17. The Balaban J connectivity index is 2.53. The number of hydrogen-bond donors (Lipinski definition) is 0. The van der Waals surface area contributed by atoms with Gasteiger partial charge < -0.3 is 0 Å². The van der Waals surface area contributed by atoms with Gasteiger partial charge in [-0.3, -0.25) is 0 Å². The zero-order valence-electron chi connectivity index (χ0n) is 8.41. The van der Waals surface area contributed by atoms with E-state index in [1.54, 1.807) is 23.9 Å². The van der Waals surface area contributed by atoms with Crippen molar-refractivity contribution in [1.29, 1.82) is 0 Å². The molecule has 2 aromatic rings. The van der Waals surface area contributed by atoms with Crippen LogP contribution in [0.1, 0.15) is 0 Å². The molecule has 0 aliphatic carbocycles. The molecule has 0 amide bonds. The molecule has 0 radical (unpaired) electrons. The van der Waals surface area contributed by atoms with Crippen LogP contribution in [0.25, 0.3) is 11.1 Å². The van der Waals surface area contributed by atoms with Crippen LogP contribution in [0.2, 0.25) is 0 Å². The van der Waals surface area contributed by atoms with Gasteiger partial charge in [0.2, 0.25) is 0 Å². The molecule has 0 aromatic heterocycles. The van der Waals surface area contributed by atoms with E-state index in [9.17, 15) is 4.39 Å². The largest absolute Gasteiger partial charge is 0.207 e. The van der Waals surface area contributed by atoms with E-state index in [-0.39, 0.29) is 5.82 Å². The Kier molecular flexibility index (Phi) is 3.07. The van der Waals surface area contributed by atoms with Crippen LogP contribution in [0.15, 0.2) is 53.4 Å². The summed E-state index contributed by atoms with van der Waals surface area (Å²) < 4.78 is 13.1. The molecule has 0 N–H and O–H groups in total. The molecule has 15 heavy (non-hydrogen) atoms. The molecular formula is C13H11FS. The molecule has 2 heteroatoms. The third-order valence-electron chi connectivity index (χ3n) is 2.24. The zero-order chi connectivity index (χ0) is 10.7. The fraction of sp³-hybridized carbons (Fsp3) is 0.0769. The highest BCUT2D eigenvalue weighted by Crippen LogP contribution is 2.29. The first-order valence-electron chi connectivity index (χ1n) is 4.70. The van der Waals surface area contributed by atoms with Gasteiger partial charge in [-0.2, -0.15) is 0 Å². The second kappa shape index (κ2) is 4.49. The molecule has 0 spiro atoms. The molecule has 0 unspecified atom stereocenters. The summed E-state index contributed by atoms with van der Waals surface area (Å²) in [6.45, 7) is 0. The quantitative estimate of drug-likeness (QED) is 0.680. The minimum absolute atomic E-state index is 0.191. The number of thioether (sulfide) groups is 1. The molecule has 0 atom stereocenters. The van der Waals surface area contributed by atoms with E-state index in [1.807, 2.05) is 36.6 Å². The van der Waals surface area contributed by atoms with Crippen LogP contribution in [0.4, 0.5) is 4.39 Å². The predicted molar refractivity (Wildman–Crippen MR) is 63.6 cm³/mol. The maximum Gasteiger partial charge on any atom is 0.123 e. The van der Waals surface area contributed by atoms with Crippen molar-refractivity contribution in [2.45, 2.75) is 4.90 Å². The Morgan fingerprint density at radius 2 is 1.80 bits per heavy atom. The average molecular weight is 218 g/mol. The summed E-state index contributed by atoms with van der Waals surface area (Å²) >= 11 is 1.67. The second-order valence-corrected chi connectivity index (χ2v) is 4.06. The van der Waals surface area contributed by atoms with E-state index >= 15 is 0 Å². The van der Waals surface area contributed by atoms with Gasteiger partial charge in [0.15, 0.2) is 0 Å². The third-order valence-corrected chi connectivity index (χ3v) is 3.04. The lowest BCUT2D eigenvalue weighted by Gasteiger charge is -2.06. The number of hydrogen-bond acceptors (Lipinski definition) is 1. The van der Waals surface area contributed by atoms with E-state index in [2.05, 4.69) is 0 Å². The molecular weight excluding hydrogens is 207 g/mol. The molecule has 0 bridgehead atoms. The van der Waals surface area contributed by atoms with Crippen LogP contribution in [0.5, 0.6) is 0 Å². The van der Waals surface area contributed by atoms with Crippen molar-refractivity contribution in [1.82, 2.24) is 0 Å². The molecule has 0 saturated carbocycles. The highest BCUT2D eigenvalue weighted by Gasteiger charge is 2.03. The molecule has 0 saturated heterocycles. The van der Waals surface area contributed by atoms with Gasteiger partial charge in [0, 0.05) is 4.90 Å². The van der Waals surface area contributed by atoms with E-state index in [0.717, 1.165) is 11.1 Å². The van der Waals surface area contributed by atoms with Crippen molar-refractivity contribution in [2.24, 2.45) is 0 Å². The lowest BCUT2D eigenvalue weighted by atomic mass is 10.1. The van der Waals surface area contributed by atoms with Gasteiger partial charge in [0.1, 0.15) is 5.82 Å². The fourth-order valence-electron chi connectivity index (χ4n) is 1.54. The Bertz CT molecular complexity index is 466. The average Bonchev–Trinajstić information content (AvgIpc) is 2.29. The van der Waals surface area contributed by atoms with E-state index in [1.165, 1.54) is 11.0 Å². The lowest BCUT2D eigenvalue weighted by Crippen LogP contribution is -1.82. The lowest BCUT2D eigenvalue weighted by molar-refractivity contribution is 0.628. The summed E-state index contributed by atoms with van der Waals surface area (Å²) in [5.41, 5.74) is 2.02. The van der Waals surface area contributed by atoms with Gasteiger partial charge in [-0.1, -0.05) is 30.3 Å². The van der Waals surface area contributed by atoms with Gasteiger partial charge in [-0.25, -0.2) is 4.39 Å². The molecule has 0 fully saturated rings. The van der Waals surface area contributed by atoms with Crippen molar-refractivity contribution >= 4 is 11.8 Å². The van der Waals surface area contributed by atoms with E-state index in [0.29, 0.717) is 0 Å². The standard InChI is InChI=1S/C13H11FS/c1-15-13-8-3-2-7-12(13)10-5-4-6-11(14)9-10/h2-9H,1H3. The van der Waals surface area contributed by atoms with Gasteiger partial charge in [0.05, 0.1) is 0 Å². The van der Waals surface area contributed by atoms with Crippen molar-refractivity contribution in [2.75, 3.05) is 6.26 Å². The maximum absolute atomic E-state index is 13.1. The van der Waals surface area contributed by atoms with E-state index in [4.69, 9.17) is 0 Å². The zero-order valence-corrected chi connectivity index (χ0v) is 9.22. The highest BCUT2D eigenvalue weighted by atomic mass is 32.2. The van der Waals surface area contributed by atoms with E-state index < -0.39 is 0 Å². The predicted octanol–water partition coefficient (Wildman–Crippen LogP) is 4.21.